The van der Waals surface area contributed by atoms with Crippen molar-refractivity contribution in [2.75, 3.05) is 13.1 Å². The number of nitrogens with zero attached hydrogens (tertiary/aromatic N) is 3. The SMILES string of the molecule is Cn1cncc1C(O)C1CCN(C(=O)OC(C)(C)C)CC1. The molecule has 21 heavy (non-hydrogen) atoms. The molecule has 0 saturated carbocycles. The molecular weight excluding hydrogens is 270 g/mol. The molecule has 1 amide bonds. The first-order valence-corrected chi connectivity index (χ1v) is 7.40. The Morgan fingerprint density at radius 2 is 2.05 bits per heavy atom. The third kappa shape index (κ3) is 3.97. The quantitative estimate of drug-likeness (QED) is 0.907. The normalized spacial score (nSPS) is 18.6. The number of hydrogen-bond donors (Lipinski definition) is 1. The van der Waals surface area contributed by atoms with Crippen LogP contribution in [-0.2, 0) is 11.8 Å². The van der Waals surface area contributed by atoms with E-state index in [1.54, 1.807) is 17.4 Å². The Labute approximate surface area is 125 Å². The highest BCUT2D eigenvalue weighted by Crippen LogP contribution is 2.30. The summed E-state index contributed by atoms with van der Waals surface area (Å²) in [6.45, 7) is 6.83. The van der Waals surface area contributed by atoms with Crippen LogP contribution in [0.2, 0.25) is 0 Å². The van der Waals surface area contributed by atoms with Crippen LogP contribution in [0.15, 0.2) is 12.5 Å². The summed E-state index contributed by atoms with van der Waals surface area (Å²) in [6, 6.07) is 0. The molecule has 0 radical (unpaired) electrons. The number of aryl methyl sites for hydroxylation is 1. The van der Waals surface area contributed by atoms with Crippen LogP contribution in [0.3, 0.4) is 0 Å². The van der Waals surface area contributed by atoms with E-state index >= 15 is 0 Å². The number of piperidine rings is 1. The summed E-state index contributed by atoms with van der Waals surface area (Å²) < 4.78 is 7.21. The van der Waals surface area contributed by atoms with Gasteiger partial charge in [0.1, 0.15) is 5.60 Å². The standard InChI is InChI=1S/C15H25N3O3/c1-15(2,3)21-14(20)18-7-5-11(6-8-18)13(19)12-9-16-10-17(12)4/h9-11,13,19H,5-8H2,1-4H3. The summed E-state index contributed by atoms with van der Waals surface area (Å²) in [5.74, 6) is 0.152. The molecule has 1 saturated heterocycles. The van der Waals surface area contributed by atoms with E-state index in [0.29, 0.717) is 13.1 Å². The van der Waals surface area contributed by atoms with Gasteiger partial charge in [-0.2, -0.15) is 0 Å². The van der Waals surface area contributed by atoms with Gasteiger partial charge in [0.05, 0.1) is 24.3 Å². The molecule has 1 N–H and O–H groups in total. The van der Waals surface area contributed by atoms with Crippen molar-refractivity contribution in [3.8, 4) is 0 Å². The fourth-order valence-electron chi connectivity index (χ4n) is 2.62. The van der Waals surface area contributed by atoms with Crippen molar-refractivity contribution >= 4 is 6.09 Å². The molecule has 1 aromatic rings. The predicted molar refractivity (Wildman–Crippen MR) is 78.7 cm³/mol. The van der Waals surface area contributed by atoms with E-state index < -0.39 is 11.7 Å². The van der Waals surface area contributed by atoms with Crippen molar-refractivity contribution in [3.63, 3.8) is 0 Å². The topological polar surface area (TPSA) is 67.6 Å². The molecule has 0 bridgehead atoms. The van der Waals surface area contributed by atoms with Crippen molar-refractivity contribution in [1.29, 1.82) is 0 Å². The van der Waals surface area contributed by atoms with Crippen molar-refractivity contribution in [2.45, 2.75) is 45.3 Å². The first kappa shape index (κ1) is 15.8. The first-order valence-electron chi connectivity index (χ1n) is 7.40. The smallest absolute Gasteiger partial charge is 0.410 e. The van der Waals surface area contributed by atoms with Gasteiger partial charge in [-0.15, -0.1) is 0 Å². The van der Waals surface area contributed by atoms with Gasteiger partial charge < -0.3 is 19.3 Å². The van der Waals surface area contributed by atoms with Gasteiger partial charge in [-0.05, 0) is 39.5 Å². The van der Waals surface area contributed by atoms with Crippen molar-refractivity contribution < 1.29 is 14.6 Å². The van der Waals surface area contributed by atoms with Gasteiger partial charge in [0, 0.05) is 20.1 Å². The molecule has 1 aliphatic rings. The summed E-state index contributed by atoms with van der Waals surface area (Å²) in [6.07, 6.45) is 4.13. The monoisotopic (exact) mass is 295 g/mol. The average Bonchev–Trinajstić information content (AvgIpc) is 2.82. The van der Waals surface area contributed by atoms with E-state index in [0.717, 1.165) is 18.5 Å². The van der Waals surface area contributed by atoms with Crippen LogP contribution in [-0.4, -0.2) is 44.3 Å². The molecule has 118 valence electrons. The summed E-state index contributed by atoms with van der Waals surface area (Å²) in [5.41, 5.74) is 0.355. The Hall–Kier alpha value is -1.56. The Bertz CT molecular complexity index is 485. The van der Waals surface area contributed by atoms with Gasteiger partial charge in [-0.3, -0.25) is 0 Å². The molecular formula is C15H25N3O3. The number of carbonyl (C=O) groups excluding carboxylic acids is 1. The third-order valence-corrected chi connectivity index (χ3v) is 3.79. The number of imidazole rings is 1. The second kappa shape index (κ2) is 6.05. The van der Waals surface area contributed by atoms with Crippen LogP contribution in [0.5, 0.6) is 0 Å². The van der Waals surface area contributed by atoms with E-state index in [-0.39, 0.29) is 12.0 Å². The molecule has 1 fully saturated rings. The minimum absolute atomic E-state index is 0.152. The number of carbonyl (C=O) groups is 1. The highest BCUT2D eigenvalue weighted by Gasteiger charge is 2.31. The third-order valence-electron chi connectivity index (χ3n) is 3.79. The maximum atomic E-state index is 12.0. The molecule has 1 atom stereocenters. The molecule has 1 unspecified atom stereocenters. The minimum Gasteiger partial charge on any atom is -0.444 e. The molecule has 2 heterocycles. The first-order chi connectivity index (χ1) is 9.78. The zero-order valence-corrected chi connectivity index (χ0v) is 13.2. The lowest BCUT2D eigenvalue weighted by atomic mass is 9.90. The van der Waals surface area contributed by atoms with Crippen LogP contribution in [0.4, 0.5) is 4.79 Å². The Kier molecular flexibility index (Phi) is 4.56. The van der Waals surface area contributed by atoms with E-state index in [4.69, 9.17) is 4.74 Å². The lowest BCUT2D eigenvalue weighted by Gasteiger charge is -2.35. The molecule has 2 rings (SSSR count). The predicted octanol–water partition coefficient (Wildman–Crippen LogP) is 2.10. The average molecular weight is 295 g/mol. The van der Waals surface area contributed by atoms with E-state index in [2.05, 4.69) is 4.98 Å². The number of hydrogen-bond acceptors (Lipinski definition) is 4. The zero-order valence-electron chi connectivity index (χ0n) is 13.2. The lowest BCUT2D eigenvalue weighted by molar-refractivity contribution is 0.00677. The van der Waals surface area contributed by atoms with Gasteiger partial charge in [-0.25, -0.2) is 9.78 Å². The van der Waals surface area contributed by atoms with Crippen LogP contribution in [0, 0.1) is 5.92 Å². The van der Waals surface area contributed by atoms with Crippen molar-refractivity contribution in [2.24, 2.45) is 13.0 Å². The van der Waals surface area contributed by atoms with E-state index in [9.17, 15) is 9.90 Å². The maximum absolute atomic E-state index is 12.0. The Morgan fingerprint density at radius 3 is 2.52 bits per heavy atom. The van der Waals surface area contributed by atoms with Crippen molar-refractivity contribution in [3.05, 3.63) is 18.2 Å². The molecule has 0 spiro atoms. The molecule has 6 nitrogen and oxygen atoms in total. The fraction of sp³-hybridized carbons (Fsp3) is 0.733. The van der Waals surface area contributed by atoms with E-state index in [1.165, 1.54) is 0 Å². The Balaban J connectivity index is 1.89. The van der Waals surface area contributed by atoms with Crippen LogP contribution < -0.4 is 0 Å². The number of aromatic nitrogens is 2. The van der Waals surface area contributed by atoms with Gasteiger partial charge in [0.25, 0.3) is 0 Å². The summed E-state index contributed by atoms with van der Waals surface area (Å²) in [7, 11) is 1.88. The highest BCUT2D eigenvalue weighted by molar-refractivity contribution is 5.68. The summed E-state index contributed by atoms with van der Waals surface area (Å²) in [5, 5.41) is 10.4. The van der Waals surface area contributed by atoms with Crippen LogP contribution in [0.1, 0.15) is 45.4 Å². The number of ether oxygens (including phenoxy) is 1. The highest BCUT2D eigenvalue weighted by atomic mass is 16.6. The lowest BCUT2D eigenvalue weighted by Crippen LogP contribution is -2.42. The van der Waals surface area contributed by atoms with Gasteiger partial charge in [-0.1, -0.05) is 0 Å². The number of aliphatic hydroxyl groups is 1. The van der Waals surface area contributed by atoms with Gasteiger partial charge in [0.2, 0.25) is 0 Å². The summed E-state index contributed by atoms with van der Waals surface area (Å²) >= 11 is 0. The van der Waals surface area contributed by atoms with Crippen LogP contribution >= 0.6 is 0 Å². The number of rotatable bonds is 2. The van der Waals surface area contributed by atoms with Crippen LogP contribution in [0.25, 0.3) is 0 Å². The molecule has 1 aliphatic heterocycles. The molecule has 1 aromatic heterocycles. The van der Waals surface area contributed by atoms with E-state index in [1.807, 2.05) is 32.4 Å². The molecule has 0 aliphatic carbocycles. The number of aliphatic hydroxyl groups excluding tert-OH is 1. The van der Waals surface area contributed by atoms with Gasteiger partial charge >= 0.3 is 6.09 Å². The second-order valence-corrected chi connectivity index (χ2v) is 6.68. The van der Waals surface area contributed by atoms with Crippen molar-refractivity contribution in [1.82, 2.24) is 14.5 Å². The minimum atomic E-state index is -0.529. The second-order valence-electron chi connectivity index (χ2n) is 6.68. The fourth-order valence-corrected chi connectivity index (χ4v) is 2.62. The Morgan fingerprint density at radius 1 is 1.43 bits per heavy atom. The largest absolute Gasteiger partial charge is 0.444 e. The number of amides is 1. The van der Waals surface area contributed by atoms with Gasteiger partial charge in [0.15, 0.2) is 0 Å². The molecule has 6 heteroatoms. The molecule has 0 aromatic carbocycles. The summed E-state index contributed by atoms with van der Waals surface area (Å²) in [4.78, 5) is 17.8. The zero-order chi connectivity index (χ0) is 15.6. The maximum Gasteiger partial charge on any atom is 0.410 e. The number of likely N-dealkylation sites (tertiary alicyclic amines) is 1.